The lowest BCUT2D eigenvalue weighted by Gasteiger charge is -2.25. The van der Waals surface area contributed by atoms with Gasteiger partial charge in [-0.25, -0.2) is 4.39 Å². The predicted molar refractivity (Wildman–Crippen MR) is 93.9 cm³/mol. The van der Waals surface area contributed by atoms with E-state index < -0.39 is 5.67 Å². The molecule has 0 saturated heterocycles. The number of aryl methyl sites for hydroxylation is 2. The molecule has 1 unspecified atom stereocenters. The van der Waals surface area contributed by atoms with E-state index in [9.17, 15) is 0 Å². The maximum Gasteiger partial charge on any atom is 0.170 e. The van der Waals surface area contributed by atoms with E-state index in [1.165, 1.54) is 11.1 Å². The molecule has 2 rings (SSSR count). The van der Waals surface area contributed by atoms with Gasteiger partial charge in [-0.15, -0.1) is 0 Å². The smallest absolute Gasteiger partial charge is 0.170 e. The van der Waals surface area contributed by atoms with Gasteiger partial charge in [-0.3, -0.25) is 0 Å². The van der Waals surface area contributed by atoms with Crippen molar-refractivity contribution in [1.29, 1.82) is 0 Å². The van der Waals surface area contributed by atoms with Crippen LogP contribution in [-0.2, 0) is 12.1 Å². The van der Waals surface area contributed by atoms with E-state index in [0.29, 0.717) is 23.5 Å². The molecule has 0 N–H and O–H groups in total. The summed E-state index contributed by atoms with van der Waals surface area (Å²) in [5.41, 5.74) is 2.11. The first kappa shape index (κ1) is 17.0. The van der Waals surface area contributed by atoms with Gasteiger partial charge >= 0.3 is 0 Å². The molecular weight excluding hydrogens is 343 g/mol. The largest absolute Gasteiger partial charge is 0.494 e. The van der Waals surface area contributed by atoms with Gasteiger partial charge in [0.25, 0.3) is 0 Å². The van der Waals surface area contributed by atoms with E-state index in [-0.39, 0.29) is 5.33 Å². The number of hydrogen-bond acceptors (Lipinski definition) is 1. The standard InChI is InChI=1S/C19H22BrFO/c1-4-15-11-17(10-9-14(15)3)19(21,13-20)16-7-6-8-18(12-16)22-5-2/h6-12H,4-5,13H2,1-3H3. The number of rotatable bonds is 6. The van der Waals surface area contributed by atoms with Gasteiger partial charge in [0.1, 0.15) is 5.75 Å². The number of halogens is 2. The minimum Gasteiger partial charge on any atom is -0.494 e. The van der Waals surface area contributed by atoms with Gasteiger partial charge in [0, 0.05) is 5.33 Å². The van der Waals surface area contributed by atoms with Crippen molar-refractivity contribution in [1.82, 2.24) is 0 Å². The third-order valence-corrected chi connectivity index (χ3v) is 4.75. The second kappa shape index (κ2) is 7.28. The van der Waals surface area contributed by atoms with Crippen LogP contribution in [0.4, 0.5) is 4.39 Å². The van der Waals surface area contributed by atoms with Crippen LogP contribution in [0.15, 0.2) is 42.5 Å². The van der Waals surface area contributed by atoms with Crippen LogP contribution in [0.3, 0.4) is 0 Å². The normalized spacial score (nSPS) is 13.7. The lowest BCUT2D eigenvalue weighted by Crippen LogP contribution is -2.24. The Morgan fingerprint density at radius 1 is 1.09 bits per heavy atom. The molecule has 0 fully saturated rings. The zero-order chi connectivity index (χ0) is 16.2. The summed E-state index contributed by atoms with van der Waals surface area (Å²) in [7, 11) is 0. The van der Waals surface area contributed by atoms with E-state index in [1.54, 1.807) is 6.07 Å². The van der Waals surface area contributed by atoms with Gasteiger partial charge in [-0.05, 0) is 54.7 Å². The molecule has 3 heteroatoms. The fourth-order valence-corrected chi connectivity index (χ4v) is 3.27. The highest BCUT2D eigenvalue weighted by Crippen LogP contribution is 2.38. The molecule has 0 aromatic heterocycles. The number of ether oxygens (including phenoxy) is 1. The summed E-state index contributed by atoms with van der Waals surface area (Å²) in [6, 6.07) is 13.1. The molecule has 2 aromatic carbocycles. The van der Waals surface area contributed by atoms with Crippen LogP contribution in [-0.4, -0.2) is 11.9 Å². The summed E-state index contributed by atoms with van der Waals surface area (Å²) in [4.78, 5) is 0. The Morgan fingerprint density at radius 2 is 1.82 bits per heavy atom. The monoisotopic (exact) mass is 364 g/mol. The van der Waals surface area contributed by atoms with Crippen molar-refractivity contribution in [2.45, 2.75) is 32.9 Å². The molecule has 0 bridgehead atoms. The minimum atomic E-state index is -1.56. The van der Waals surface area contributed by atoms with Crippen molar-refractivity contribution in [2.75, 3.05) is 11.9 Å². The minimum absolute atomic E-state index is 0.210. The first-order valence-electron chi connectivity index (χ1n) is 7.63. The molecule has 0 aliphatic rings. The zero-order valence-corrected chi connectivity index (χ0v) is 14.9. The summed E-state index contributed by atoms with van der Waals surface area (Å²) in [5, 5.41) is 0.210. The molecule has 1 nitrogen and oxygen atoms in total. The van der Waals surface area contributed by atoms with Crippen LogP contribution in [0, 0.1) is 6.92 Å². The number of alkyl halides is 2. The van der Waals surface area contributed by atoms with Gasteiger partial charge in [0.2, 0.25) is 0 Å². The highest BCUT2D eigenvalue weighted by atomic mass is 79.9. The molecule has 0 saturated carbocycles. The molecule has 0 heterocycles. The van der Waals surface area contributed by atoms with Crippen molar-refractivity contribution < 1.29 is 9.13 Å². The van der Waals surface area contributed by atoms with Crippen LogP contribution >= 0.6 is 15.9 Å². The SMILES string of the molecule is CCOc1cccc(C(F)(CBr)c2ccc(C)c(CC)c2)c1. The lowest BCUT2D eigenvalue weighted by molar-refractivity contribution is 0.258. The second-order valence-corrected chi connectivity index (χ2v) is 5.95. The Hall–Kier alpha value is -1.35. The molecule has 1 atom stereocenters. The third-order valence-electron chi connectivity index (χ3n) is 3.97. The van der Waals surface area contributed by atoms with Crippen LogP contribution in [0.25, 0.3) is 0 Å². The summed E-state index contributed by atoms with van der Waals surface area (Å²) >= 11 is 3.36. The van der Waals surface area contributed by atoms with Gasteiger partial charge < -0.3 is 4.74 Å². The maximum absolute atomic E-state index is 15.8. The van der Waals surface area contributed by atoms with E-state index in [2.05, 4.69) is 29.8 Å². The number of hydrogen-bond donors (Lipinski definition) is 0. The molecule has 22 heavy (non-hydrogen) atoms. The van der Waals surface area contributed by atoms with Crippen LogP contribution in [0.1, 0.15) is 36.1 Å². The summed E-state index contributed by atoms with van der Waals surface area (Å²) < 4.78 is 21.3. The summed E-state index contributed by atoms with van der Waals surface area (Å²) in [5.74, 6) is 0.700. The van der Waals surface area contributed by atoms with Gasteiger partial charge in [-0.1, -0.05) is 53.2 Å². The quantitative estimate of drug-likeness (QED) is 0.609. The van der Waals surface area contributed by atoms with Crippen molar-refractivity contribution in [2.24, 2.45) is 0 Å². The van der Waals surface area contributed by atoms with E-state index in [0.717, 1.165) is 6.42 Å². The molecule has 0 aliphatic carbocycles. The van der Waals surface area contributed by atoms with Gasteiger partial charge in [0.15, 0.2) is 5.67 Å². The number of benzene rings is 2. The third kappa shape index (κ3) is 3.35. The second-order valence-electron chi connectivity index (χ2n) is 5.39. The van der Waals surface area contributed by atoms with Gasteiger partial charge in [0.05, 0.1) is 6.61 Å². The zero-order valence-electron chi connectivity index (χ0n) is 13.3. The van der Waals surface area contributed by atoms with Crippen LogP contribution in [0.2, 0.25) is 0 Å². The molecule has 2 aromatic rings. The van der Waals surface area contributed by atoms with Crippen LogP contribution < -0.4 is 4.74 Å². The average molecular weight is 365 g/mol. The Balaban J connectivity index is 2.50. The Kier molecular flexibility index (Phi) is 5.63. The van der Waals surface area contributed by atoms with Gasteiger partial charge in [-0.2, -0.15) is 0 Å². The van der Waals surface area contributed by atoms with Crippen molar-refractivity contribution in [3.8, 4) is 5.75 Å². The Morgan fingerprint density at radius 3 is 2.45 bits per heavy atom. The summed E-state index contributed by atoms with van der Waals surface area (Å²) in [6.07, 6.45) is 0.900. The Labute approximate surface area is 140 Å². The molecule has 0 radical (unpaired) electrons. The maximum atomic E-state index is 15.8. The van der Waals surface area contributed by atoms with Crippen molar-refractivity contribution >= 4 is 15.9 Å². The summed E-state index contributed by atoms with van der Waals surface area (Å²) in [6.45, 7) is 6.65. The predicted octanol–water partition coefficient (Wildman–Crippen LogP) is 5.56. The first-order chi connectivity index (χ1) is 10.5. The van der Waals surface area contributed by atoms with E-state index in [1.807, 2.05) is 43.3 Å². The topological polar surface area (TPSA) is 9.23 Å². The fraction of sp³-hybridized carbons (Fsp3) is 0.368. The molecule has 0 aliphatic heterocycles. The highest BCUT2D eigenvalue weighted by Gasteiger charge is 2.33. The molecule has 0 amide bonds. The molecular formula is C19H22BrFO. The van der Waals surface area contributed by atoms with Crippen molar-refractivity contribution in [3.63, 3.8) is 0 Å². The van der Waals surface area contributed by atoms with Crippen LogP contribution in [0.5, 0.6) is 5.75 Å². The molecule has 0 spiro atoms. The molecule has 118 valence electrons. The highest BCUT2D eigenvalue weighted by molar-refractivity contribution is 9.09. The van der Waals surface area contributed by atoms with E-state index >= 15 is 4.39 Å². The van der Waals surface area contributed by atoms with Crippen molar-refractivity contribution in [3.05, 3.63) is 64.7 Å². The van der Waals surface area contributed by atoms with E-state index in [4.69, 9.17) is 4.74 Å². The lowest BCUT2D eigenvalue weighted by atomic mass is 9.87. The first-order valence-corrected chi connectivity index (χ1v) is 8.75. The fourth-order valence-electron chi connectivity index (χ4n) is 2.62. The average Bonchev–Trinajstić information content (AvgIpc) is 2.55. The Bertz CT molecular complexity index is 641.